The van der Waals surface area contributed by atoms with E-state index in [0.29, 0.717) is 6.04 Å². The van der Waals surface area contributed by atoms with E-state index in [1.54, 1.807) is 11.3 Å². The maximum Gasteiger partial charge on any atom is 0.0940 e. The van der Waals surface area contributed by atoms with Crippen LogP contribution in [0.5, 0.6) is 0 Å². The Bertz CT molecular complexity index is 369. The van der Waals surface area contributed by atoms with Crippen molar-refractivity contribution >= 4 is 11.3 Å². The van der Waals surface area contributed by atoms with Gasteiger partial charge in [0.2, 0.25) is 0 Å². The molecule has 4 heteroatoms. The van der Waals surface area contributed by atoms with Crippen LogP contribution in [0.2, 0.25) is 0 Å². The molecule has 0 amide bonds. The van der Waals surface area contributed by atoms with Crippen LogP contribution in [-0.2, 0) is 6.42 Å². The van der Waals surface area contributed by atoms with E-state index in [0.717, 1.165) is 24.6 Å². The molecule has 19 heavy (non-hydrogen) atoms. The lowest BCUT2D eigenvalue weighted by molar-refractivity contribution is 0.169. The lowest BCUT2D eigenvalue weighted by Crippen LogP contribution is -2.42. The Kier molecular flexibility index (Phi) is 5.79. The van der Waals surface area contributed by atoms with Crippen LogP contribution in [0.15, 0.2) is 5.38 Å². The monoisotopic (exact) mass is 281 g/mol. The van der Waals surface area contributed by atoms with Crippen LogP contribution in [0.25, 0.3) is 0 Å². The van der Waals surface area contributed by atoms with Gasteiger partial charge in [0.15, 0.2) is 0 Å². The summed E-state index contributed by atoms with van der Waals surface area (Å²) in [6.45, 7) is 11.5. The van der Waals surface area contributed by atoms with Crippen molar-refractivity contribution in [1.82, 2.24) is 15.2 Å². The number of thiazole rings is 1. The van der Waals surface area contributed by atoms with Gasteiger partial charge in [0.25, 0.3) is 0 Å². The highest BCUT2D eigenvalue weighted by atomic mass is 32.1. The largest absolute Gasteiger partial charge is 0.314 e. The smallest absolute Gasteiger partial charge is 0.0940 e. The molecule has 0 spiro atoms. The van der Waals surface area contributed by atoms with Crippen LogP contribution in [-0.4, -0.2) is 42.1 Å². The van der Waals surface area contributed by atoms with E-state index in [4.69, 9.17) is 0 Å². The second kappa shape index (κ2) is 7.36. The number of aryl methyl sites for hydroxylation is 1. The Balaban J connectivity index is 1.65. The Hall–Kier alpha value is -0.450. The van der Waals surface area contributed by atoms with E-state index in [9.17, 15) is 0 Å². The van der Waals surface area contributed by atoms with Crippen molar-refractivity contribution in [2.75, 3.05) is 26.2 Å². The summed E-state index contributed by atoms with van der Waals surface area (Å²) in [7, 11) is 0. The minimum atomic E-state index is 0.639. The third-order valence-electron chi connectivity index (χ3n) is 4.26. The first kappa shape index (κ1) is 14.9. The number of nitrogens with one attached hydrogen (secondary N) is 1. The van der Waals surface area contributed by atoms with Crippen LogP contribution >= 0.6 is 11.3 Å². The van der Waals surface area contributed by atoms with E-state index in [-0.39, 0.29) is 0 Å². The molecule has 0 aromatic carbocycles. The molecular formula is C15H27N3S. The van der Waals surface area contributed by atoms with Crippen LogP contribution in [0.1, 0.15) is 37.4 Å². The number of hydrogen-bond acceptors (Lipinski definition) is 4. The molecule has 0 saturated carbocycles. The van der Waals surface area contributed by atoms with Gasteiger partial charge in [-0.2, -0.15) is 0 Å². The summed E-state index contributed by atoms with van der Waals surface area (Å²) in [5, 5.41) is 7.09. The second-order valence-corrected chi connectivity index (χ2v) is 6.59. The Morgan fingerprint density at radius 1 is 1.47 bits per heavy atom. The third kappa shape index (κ3) is 4.55. The van der Waals surface area contributed by atoms with Crippen molar-refractivity contribution in [2.24, 2.45) is 5.92 Å². The van der Waals surface area contributed by atoms with Crippen LogP contribution < -0.4 is 5.32 Å². The third-order valence-corrected chi connectivity index (χ3v) is 5.28. The topological polar surface area (TPSA) is 28.2 Å². The van der Waals surface area contributed by atoms with Gasteiger partial charge >= 0.3 is 0 Å². The van der Waals surface area contributed by atoms with Crippen molar-refractivity contribution < 1.29 is 0 Å². The van der Waals surface area contributed by atoms with E-state index >= 15 is 0 Å². The molecule has 108 valence electrons. The molecule has 1 N–H and O–H groups in total. The zero-order valence-electron chi connectivity index (χ0n) is 12.5. The van der Waals surface area contributed by atoms with Gasteiger partial charge in [0, 0.05) is 30.1 Å². The predicted octanol–water partition coefficient (Wildman–Crippen LogP) is 2.70. The first-order valence-corrected chi connectivity index (χ1v) is 8.43. The average molecular weight is 281 g/mol. The summed E-state index contributed by atoms with van der Waals surface area (Å²) in [4.78, 5) is 7.07. The summed E-state index contributed by atoms with van der Waals surface area (Å²) in [6, 6.07) is 0.639. The molecule has 1 fully saturated rings. The first-order chi connectivity index (χ1) is 9.19. The number of rotatable bonds is 6. The predicted molar refractivity (Wildman–Crippen MR) is 82.9 cm³/mol. The van der Waals surface area contributed by atoms with Crippen molar-refractivity contribution in [3.63, 3.8) is 0 Å². The lowest BCUT2D eigenvalue weighted by atomic mass is 9.90. The molecule has 0 bridgehead atoms. The molecule has 1 aliphatic rings. The maximum absolute atomic E-state index is 4.51. The number of aromatic nitrogens is 1. The highest BCUT2D eigenvalue weighted by Gasteiger charge is 2.22. The molecule has 1 atom stereocenters. The summed E-state index contributed by atoms with van der Waals surface area (Å²) < 4.78 is 0. The zero-order chi connectivity index (χ0) is 13.7. The van der Waals surface area contributed by atoms with Crippen LogP contribution in [0.3, 0.4) is 0 Å². The summed E-state index contributed by atoms with van der Waals surface area (Å²) in [5.74, 6) is 0.848. The Labute approximate surface area is 121 Å². The van der Waals surface area contributed by atoms with Gasteiger partial charge in [-0.25, -0.2) is 4.98 Å². The van der Waals surface area contributed by atoms with Gasteiger partial charge < -0.3 is 10.2 Å². The minimum Gasteiger partial charge on any atom is -0.314 e. The second-order valence-electron chi connectivity index (χ2n) is 5.65. The van der Waals surface area contributed by atoms with Crippen molar-refractivity contribution in [3.8, 4) is 0 Å². The van der Waals surface area contributed by atoms with Gasteiger partial charge in [-0.3, -0.25) is 0 Å². The van der Waals surface area contributed by atoms with E-state index in [2.05, 4.69) is 41.4 Å². The van der Waals surface area contributed by atoms with Gasteiger partial charge in [0.05, 0.1) is 5.01 Å². The molecule has 0 aliphatic carbocycles. The molecule has 1 saturated heterocycles. The summed E-state index contributed by atoms with van der Waals surface area (Å²) >= 11 is 1.78. The Morgan fingerprint density at radius 2 is 2.21 bits per heavy atom. The van der Waals surface area contributed by atoms with E-state index < -0.39 is 0 Å². The number of hydrogen-bond donors (Lipinski definition) is 1. The standard InChI is InChI=1S/C15H27N3S/c1-4-18-9-6-14(7-10-18)13(3)16-8-5-15-17-12(2)11-19-15/h11,13-14,16H,4-10H2,1-3H3. The van der Waals surface area contributed by atoms with Gasteiger partial charge in [-0.05, 0) is 52.2 Å². The summed E-state index contributed by atoms with van der Waals surface area (Å²) in [5.41, 5.74) is 1.15. The van der Waals surface area contributed by atoms with Gasteiger partial charge in [-0.15, -0.1) is 11.3 Å². The number of nitrogens with zero attached hydrogens (tertiary/aromatic N) is 2. The van der Waals surface area contributed by atoms with E-state index in [1.165, 1.54) is 37.5 Å². The Morgan fingerprint density at radius 3 is 2.79 bits per heavy atom. The fourth-order valence-electron chi connectivity index (χ4n) is 2.86. The molecule has 2 heterocycles. The normalized spacial score (nSPS) is 19.7. The molecule has 0 radical (unpaired) electrons. The molecule has 1 aliphatic heterocycles. The zero-order valence-corrected chi connectivity index (χ0v) is 13.3. The van der Waals surface area contributed by atoms with Crippen molar-refractivity contribution in [1.29, 1.82) is 0 Å². The van der Waals surface area contributed by atoms with Crippen LogP contribution in [0.4, 0.5) is 0 Å². The van der Waals surface area contributed by atoms with Gasteiger partial charge in [0.1, 0.15) is 0 Å². The number of piperidine rings is 1. The average Bonchev–Trinajstić information content (AvgIpc) is 2.84. The fourth-order valence-corrected chi connectivity index (χ4v) is 3.64. The minimum absolute atomic E-state index is 0.639. The maximum atomic E-state index is 4.51. The molecule has 3 nitrogen and oxygen atoms in total. The molecule has 1 aromatic heterocycles. The number of likely N-dealkylation sites (tertiary alicyclic amines) is 1. The van der Waals surface area contributed by atoms with Crippen LogP contribution in [0, 0.1) is 12.8 Å². The fraction of sp³-hybridized carbons (Fsp3) is 0.800. The van der Waals surface area contributed by atoms with Crippen molar-refractivity contribution in [2.45, 2.75) is 46.1 Å². The summed E-state index contributed by atoms with van der Waals surface area (Å²) in [6.07, 6.45) is 3.76. The quantitative estimate of drug-likeness (QED) is 0.869. The highest BCUT2D eigenvalue weighted by Crippen LogP contribution is 2.20. The molecule has 1 aromatic rings. The first-order valence-electron chi connectivity index (χ1n) is 7.55. The lowest BCUT2D eigenvalue weighted by Gasteiger charge is -2.34. The molecular weight excluding hydrogens is 254 g/mol. The molecule has 2 rings (SSSR count). The molecule has 1 unspecified atom stereocenters. The SMILES string of the molecule is CCN1CCC(C(C)NCCc2nc(C)cs2)CC1. The van der Waals surface area contributed by atoms with Crippen molar-refractivity contribution in [3.05, 3.63) is 16.1 Å². The highest BCUT2D eigenvalue weighted by molar-refractivity contribution is 7.09. The van der Waals surface area contributed by atoms with Gasteiger partial charge in [-0.1, -0.05) is 6.92 Å². The van der Waals surface area contributed by atoms with E-state index in [1.807, 2.05) is 0 Å².